The molecule has 1 N–H and O–H groups in total. The fourth-order valence-electron chi connectivity index (χ4n) is 1.39. The first-order valence-electron chi connectivity index (χ1n) is 4.28. The zero-order chi connectivity index (χ0) is 9.10. The molecular formula is C10H11NO2. The van der Waals surface area contributed by atoms with Crippen LogP contribution in [0.5, 0.6) is 0 Å². The molecule has 0 aromatic heterocycles. The summed E-state index contributed by atoms with van der Waals surface area (Å²) in [5, 5.41) is 13.0. The summed E-state index contributed by atoms with van der Waals surface area (Å²) in [5.41, 5.74) is 1.88. The van der Waals surface area contributed by atoms with Gasteiger partial charge in [0, 0.05) is 0 Å². The molecule has 1 atom stereocenters. The second-order valence-electron chi connectivity index (χ2n) is 3.02. The molecule has 3 heteroatoms. The van der Waals surface area contributed by atoms with Crippen molar-refractivity contribution in [2.24, 2.45) is 11.1 Å². The van der Waals surface area contributed by atoms with Crippen molar-refractivity contribution in [2.75, 3.05) is 13.2 Å². The smallest absolute Gasteiger partial charge is 0.127 e. The fourth-order valence-corrected chi connectivity index (χ4v) is 1.39. The van der Waals surface area contributed by atoms with Crippen molar-refractivity contribution in [3.8, 4) is 0 Å². The number of nitrogens with zero attached hydrogens (tertiary/aromatic N) is 1. The van der Waals surface area contributed by atoms with Crippen molar-refractivity contribution >= 4 is 5.71 Å². The second kappa shape index (κ2) is 3.58. The lowest BCUT2D eigenvalue weighted by Gasteiger charge is -2.05. The van der Waals surface area contributed by atoms with Gasteiger partial charge in [0.25, 0.3) is 0 Å². The quantitative estimate of drug-likeness (QED) is 0.733. The van der Waals surface area contributed by atoms with E-state index >= 15 is 0 Å². The number of oxime groups is 1. The van der Waals surface area contributed by atoms with Crippen LogP contribution in [0.25, 0.3) is 0 Å². The van der Waals surface area contributed by atoms with Gasteiger partial charge in [-0.05, 0) is 5.56 Å². The summed E-state index contributed by atoms with van der Waals surface area (Å²) >= 11 is 0. The summed E-state index contributed by atoms with van der Waals surface area (Å²) < 4.78 is 0. The maximum atomic E-state index is 9.04. The number of benzene rings is 1. The van der Waals surface area contributed by atoms with Crippen molar-refractivity contribution in [3.05, 3.63) is 35.9 Å². The van der Waals surface area contributed by atoms with Gasteiger partial charge < -0.3 is 9.94 Å². The van der Waals surface area contributed by atoms with E-state index in [0.717, 1.165) is 11.3 Å². The molecule has 0 aliphatic carbocycles. The van der Waals surface area contributed by atoms with Crippen LogP contribution in [0.3, 0.4) is 0 Å². The fraction of sp³-hybridized carbons (Fsp3) is 0.300. The number of aliphatic hydroxyl groups is 1. The molecule has 68 valence electrons. The molecule has 3 nitrogen and oxygen atoms in total. The minimum Gasteiger partial charge on any atom is -0.396 e. The van der Waals surface area contributed by atoms with E-state index in [1.165, 1.54) is 0 Å². The highest BCUT2D eigenvalue weighted by molar-refractivity contribution is 6.02. The lowest BCUT2D eigenvalue weighted by Crippen LogP contribution is -2.18. The molecule has 0 fully saturated rings. The van der Waals surface area contributed by atoms with Crippen molar-refractivity contribution < 1.29 is 9.94 Å². The molecule has 1 aliphatic rings. The molecule has 0 saturated heterocycles. The Hall–Kier alpha value is -1.35. The van der Waals surface area contributed by atoms with Gasteiger partial charge in [0.1, 0.15) is 6.61 Å². The molecule has 1 heterocycles. The van der Waals surface area contributed by atoms with Gasteiger partial charge in [-0.3, -0.25) is 0 Å². The molecule has 1 aromatic carbocycles. The SMILES string of the molecule is OCC1CON=C1c1ccccc1. The Kier molecular flexibility index (Phi) is 2.27. The minimum absolute atomic E-state index is 0.0300. The summed E-state index contributed by atoms with van der Waals surface area (Å²) in [5.74, 6) is 0.0300. The van der Waals surface area contributed by atoms with Crippen LogP contribution < -0.4 is 0 Å². The molecule has 0 bridgehead atoms. The lowest BCUT2D eigenvalue weighted by molar-refractivity contribution is 0.132. The third kappa shape index (κ3) is 1.55. The maximum absolute atomic E-state index is 9.04. The van der Waals surface area contributed by atoms with Gasteiger partial charge in [-0.15, -0.1) is 0 Å². The third-order valence-corrected chi connectivity index (χ3v) is 2.12. The summed E-state index contributed by atoms with van der Waals surface area (Å²) in [7, 11) is 0. The van der Waals surface area contributed by atoms with E-state index in [2.05, 4.69) is 5.16 Å². The van der Waals surface area contributed by atoms with Crippen molar-refractivity contribution in [1.29, 1.82) is 0 Å². The first-order chi connectivity index (χ1) is 6.42. The van der Waals surface area contributed by atoms with E-state index < -0.39 is 0 Å². The van der Waals surface area contributed by atoms with Gasteiger partial charge in [-0.25, -0.2) is 0 Å². The van der Waals surface area contributed by atoms with Crippen molar-refractivity contribution in [3.63, 3.8) is 0 Å². The van der Waals surface area contributed by atoms with Gasteiger partial charge in [0.2, 0.25) is 0 Å². The van der Waals surface area contributed by atoms with E-state index in [4.69, 9.17) is 9.94 Å². The van der Waals surface area contributed by atoms with Crippen LogP contribution in [-0.4, -0.2) is 24.0 Å². The molecule has 1 aromatic rings. The lowest BCUT2D eigenvalue weighted by atomic mass is 9.99. The average molecular weight is 177 g/mol. The first-order valence-corrected chi connectivity index (χ1v) is 4.28. The third-order valence-electron chi connectivity index (χ3n) is 2.12. The van der Waals surface area contributed by atoms with Gasteiger partial charge in [0.15, 0.2) is 0 Å². The van der Waals surface area contributed by atoms with Crippen molar-refractivity contribution in [2.45, 2.75) is 0 Å². The van der Waals surface area contributed by atoms with Crippen LogP contribution >= 0.6 is 0 Å². The van der Waals surface area contributed by atoms with Gasteiger partial charge in [-0.1, -0.05) is 35.5 Å². The predicted octanol–water partition coefficient (Wildman–Crippen LogP) is 1.03. The van der Waals surface area contributed by atoms with Crippen LogP contribution in [0.1, 0.15) is 5.56 Å². The Morgan fingerprint density at radius 1 is 1.38 bits per heavy atom. The summed E-state index contributed by atoms with van der Waals surface area (Å²) in [6, 6.07) is 9.79. The molecular weight excluding hydrogens is 166 g/mol. The molecule has 0 amide bonds. The highest BCUT2D eigenvalue weighted by Crippen LogP contribution is 2.16. The second-order valence-corrected chi connectivity index (χ2v) is 3.02. The van der Waals surface area contributed by atoms with Gasteiger partial charge in [0.05, 0.1) is 18.2 Å². The Labute approximate surface area is 76.6 Å². The van der Waals surface area contributed by atoms with Crippen LogP contribution in [0, 0.1) is 5.92 Å². The number of aliphatic hydroxyl groups excluding tert-OH is 1. The van der Waals surface area contributed by atoms with Crippen molar-refractivity contribution in [1.82, 2.24) is 0 Å². The minimum atomic E-state index is 0.0300. The summed E-state index contributed by atoms with van der Waals surface area (Å²) in [4.78, 5) is 4.94. The zero-order valence-electron chi connectivity index (χ0n) is 7.18. The van der Waals surface area contributed by atoms with Crippen LogP contribution in [0.4, 0.5) is 0 Å². The van der Waals surface area contributed by atoms with Crippen LogP contribution in [-0.2, 0) is 4.84 Å². The first kappa shape index (κ1) is 8.26. The topological polar surface area (TPSA) is 41.8 Å². The normalized spacial score (nSPS) is 21.0. The molecule has 13 heavy (non-hydrogen) atoms. The molecule has 1 aliphatic heterocycles. The Morgan fingerprint density at radius 2 is 2.15 bits per heavy atom. The van der Waals surface area contributed by atoms with Crippen LogP contribution in [0.15, 0.2) is 35.5 Å². The average Bonchev–Trinajstić information content (AvgIpc) is 2.67. The number of hydrogen-bond acceptors (Lipinski definition) is 3. The van der Waals surface area contributed by atoms with E-state index in [-0.39, 0.29) is 12.5 Å². The molecule has 0 saturated carbocycles. The maximum Gasteiger partial charge on any atom is 0.127 e. The van der Waals surface area contributed by atoms with E-state index in [1.807, 2.05) is 30.3 Å². The Morgan fingerprint density at radius 3 is 2.85 bits per heavy atom. The Balaban J connectivity index is 2.26. The molecule has 1 unspecified atom stereocenters. The standard InChI is InChI=1S/C10H11NO2/c12-6-9-7-13-11-10(9)8-4-2-1-3-5-8/h1-5,9,12H,6-7H2. The highest BCUT2D eigenvalue weighted by Gasteiger charge is 2.23. The molecule has 0 radical (unpaired) electrons. The van der Waals surface area contributed by atoms with E-state index in [0.29, 0.717) is 6.61 Å². The van der Waals surface area contributed by atoms with E-state index in [9.17, 15) is 0 Å². The Bertz CT molecular complexity index is 308. The van der Waals surface area contributed by atoms with Crippen LogP contribution in [0.2, 0.25) is 0 Å². The monoisotopic (exact) mass is 177 g/mol. The highest BCUT2D eigenvalue weighted by atomic mass is 16.6. The van der Waals surface area contributed by atoms with Gasteiger partial charge in [-0.2, -0.15) is 0 Å². The van der Waals surface area contributed by atoms with Gasteiger partial charge >= 0.3 is 0 Å². The largest absolute Gasteiger partial charge is 0.396 e. The van der Waals surface area contributed by atoms with E-state index in [1.54, 1.807) is 0 Å². The zero-order valence-corrected chi connectivity index (χ0v) is 7.18. The number of rotatable bonds is 2. The summed E-state index contributed by atoms with van der Waals surface area (Å²) in [6.07, 6.45) is 0. The molecule has 0 spiro atoms. The summed E-state index contributed by atoms with van der Waals surface area (Å²) in [6.45, 7) is 0.578. The predicted molar refractivity (Wildman–Crippen MR) is 49.5 cm³/mol. The molecule has 2 rings (SSSR count). The number of hydrogen-bond donors (Lipinski definition) is 1.